The van der Waals surface area contributed by atoms with Crippen molar-refractivity contribution in [3.8, 4) is 0 Å². The first kappa shape index (κ1) is 15.5. The van der Waals surface area contributed by atoms with E-state index in [2.05, 4.69) is 5.32 Å². The molecule has 0 aromatic heterocycles. The number of anilines is 2. The Hall–Kier alpha value is -2.39. The molecule has 1 aliphatic heterocycles. The number of nitrogens with one attached hydrogen (secondary N) is 1. The van der Waals surface area contributed by atoms with Crippen molar-refractivity contribution in [2.45, 2.75) is 16.7 Å². The highest BCUT2D eigenvalue weighted by atomic mass is 32.3. The fourth-order valence-electron chi connectivity index (χ4n) is 2.36. The minimum absolute atomic E-state index is 0.0625. The molecule has 1 N–H and O–H groups in total. The van der Waals surface area contributed by atoms with Gasteiger partial charge >= 0.3 is 0 Å². The van der Waals surface area contributed by atoms with Gasteiger partial charge in [0.1, 0.15) is 9.79 Å². The molecule has 1 heterocycles. The normalized spacial score (nSPS) is 17.5. The average molecular weight is 352 g/mol. The van der Waals surface area contributed by atoms with Crippen LogP contribution in [-0.2, 0) is 24.8 Å². The Bertz CT molecular complexity index is 960. The average Bonchev–Trinajstić information content (AvgIpc) is 2.62. The highest BCUT2D eigenvalue weighted by molar-refractivity contribution is 8.12. The van der Waals surface area contributed by atoms with Crippen molar-refractivity contribution in [3.05, 3.63) is 48.5 Å². The summed E-state index contributed by atoms with van der Waals surface area (Å²) < 4.78 is 50.8. The number of nitrogens with zero attached hydrogens (tertiary/aromatic N) is 1. The Labute approximate surface area is 133 Å². The van der Waals surface area contributed by atoms with E-state index in [0.717, 1.165) is 0 Å². The van der Waals surface area contributed by atoms with E-state index in [1.807, 2.05) is 0 Å². The van der Waals surface area contributed by atoms with Crippen molar-refractivity contribution in [3.63, 3.8) is 0 Å². The van der Waals surface area contributed by atoms with Crippen molar-refractivity contribution in [1.29, 1.82) is 0 Å². The van der Waals surface area contributed by atoms with E-state index in [1.54, 1.807) is 0 Å². The van der Waals surface area contributed by atoms with Gasteiger partial charge in [0, 0.05) is 12.6 Å². The number of hydrogen-bond donors (Lipinski definition) is 1. The summed E-state index contributed by atoms with van der Waals surface area (Å²) >= 11 is 0. The van der Waals surface area contributed by atoms with Crippen LogP contribution < -0.4 is 9.03 Å². The number of rotatable bonds is 2. The summed E-state index contributed by atoms with van der Waals surface area (Å²) in [4.78, 5) is 10.6. The van der Waals surface area contributed by atoms with Gasteiger partial charge in [0.25, 0.3) is 20.0 Å². The van der Waals surface area contributed by atoms with Crippen molar-refractivity contribution in [2.75, 3.05) is 9.03 Å². The number of hydrogen-bond acceptors (Lipinski definition) is 5. The van der Waals surface area contributed by atoms with Crippen LogP contribution >= 0.6 is 0 Å². The molecule has 23 heavy (non-hydrogen) atoms. The predicted molar refractivity (Wildman–Crippen MR) is 84.0 cm³/mol. The number of carbonyl (C=O) groups excluding carboxylic acids is 1. The minimum Gasteiger partial charge on any atom is -0.326 e. The number of fused-ring (bicyclic) bond motifs is 1. The molecule has 3 rings (SSSR count). The van der Waals surface area contributed by atoms with Crippen molar-refractivity contribution in [1.82, 2.24) is 0 Å². The molecule has 7 nitrogen and oxygen atoms in total. The zero-order chi connectivity index (χ0) is 16.8. The number of amides is 1. The molecule has 9 heteroatoms. The Morgan fingerprint density at radius 2 is 1.48 bits per heavy atom. The smallest absolute Gasteiger partial charge is 0.279 e. The Morgan fingerprint density at radius 3 is 2.00 bits per heavy atom. The Balaban J connectivity index is 2.20. The van der Waals surface area contributed by atoms with Crippen LogP contribution in [0.25, 0.3) is 0 Å². The second-order valence-electron chi connectivity index (χ2n) is 4.89. The molecule has 0 unspecified atom stereocenters. The lowest BCUT2D eigenvalue weighted by Crippen LogP contribution is -2.30. The lowest BCUT2D eigenvalue weighted by Gasteiger charge is -2.17. The van der Waals surface area contributed by atoms with Crippen molar-refractivity contribution in [2.24, 2.45) is 0 Å². The van der Waals surface area contributed by atoms with E-state index >= 15 is 0 Å². The summed E-state index contributed by atoms with van der Waals surface area (Å²) in [5.41, 5.74) is 0.240. The van der Waals surface area contributed by atoms with Gasteiger partial charge in [-0.3, -0.25) is 4.79 Å². The van der Waals surface area contributed by atoms with E-state index in [9.17, 15) is 21.6 Å². The Kier molecular flexibility index (Phi) is 3.42. The third kappa shape index (κ3) is 2.37. The summed E-state index contributed by atoms with van der Waals surface area (Å²) in [6.07, 6.45) is 0. The molecule has 120 valence electrons. The zero-order valence-electron chi connectivity index (χ0n) is 11.9. The van der Waals surface area contributed by atoms with Crippen LogP contribution in [0.3, 0.4) is 0 Å². The lowest BCUT2D eigenvalue weighted by atomic mass is 10.3. The monoisotopic (exact) mass is 352 g/mol. The van der Waals surface area contributed by atoms with E-state index < -0.39 is 20.0 Å². The van der Waals surface area contributed by atoms with Crippen LogP contribution in [0.5, 0.6) is 0 Å². The molecule has 0 fully saturated rings. The maximum absolute atomic E-state index is 12.6. The van der Waals surface area contributed by atoms with Gasteiger partial charge < -0.3 is 5.32 Å². The molecule has 2 aromatic rings. The highest BCUT2D eigenvalue weighted by Gasteiger charge is 2.47. The molecule has 0 saturated heterocycles. The molecule has 1 amide bonds. The van der Waals surface area contributed by atoms with E-state index in [-0.39, 0.29) is 21.4 Å². The van der Waals surface area contributed by atoms with Gasteiger partial charge in [0.2, 0.25) is 5.91 Å². The van der Waals surface area contributed by atoms with Gasteiger partial charge in [-0.15, -0.1) is 0 Å². The van der Waals surface area contributed by atoms with Crippen LogP contribution in [0.15, 0.2) is 58.3 Å². The molecular formula is C14H12N2O5S2. The van der Waals surface area contributed by atoms with Gasteiger partial charge in [-0.05, 0) is 30.3 Å². The van der Waals surface area contributed by atoms with Gasteiger partial charge in [-0.2, -0.15) is 20.5 Å². The second-order valence-corrected chi connectivity index (χ2v) is 8.63. The van der Waals surface area contributed by atoms with Crippen LogP contribution in [0.2, 0.25) is 0 Å². The van der Waals surface area contributed by atoms with E-state index in [0.29, 0.717) is 9.40 Å². The number of sulfonamides is 2. The summed E-state index contributed by atoms with van der Waals surface area (Å²) in [6, 6.07) is 11.1. The number of carbonyl (C=O) groups is 1. The standard InChI is InChI=1S/C14H12N2O5S2/c1-10(17)15-11-5-4-6-12(9-11)16-22(18,19)13-7-2-3-8-14(13)23(16,20)21/h2-9H,1H3,(H,15,17). The molecule has 0 bridgehead atoms. The first-order valence-electron chi connectivity index (χ1n) is 6.52. The fourth-order valence-corrected chi connectivity index (χ4v) is 6.79. The highest BCUT2D eigenvalue weighted by Crippen LogP contribution is 2.40. The summed E-state index contributed by atoms with van der Waals surface area (Å²) in [5, 5.41) is 2.49. The van der Waals surface area contributed by atoms with Crippen LogP contribution in [0.1, 0.15) is 6.92 Å². The fraction of sp³-hybridized carbons (Fsp3) is 0.0714. The van der Waals surface area contributed by atoms with E-state index in [1.165, 1.54) is 55.5 Å². The maximum Gasteiger partial charge on any atom is 0.279 e. The van der Waals surface area contributed by atoms with Crippen LogP contribution in [0, 0.1) is 0 Å². The second kappa shape index (κ2) is 5.07. The lowest BCUT2D eigenvalue weighted by molar-refractivity contribution is -0.114. The summed E-state index contributed by atoms with van der Waals surface area (Å²) in [6.45, 7) is 1.30. The first-order valence-corrected chi connectivity index (χ1v) is 9.40. The SMILES string of the molecule is CC(=O)Nc1cccc(N2S(=O)(=O)c3ccccc3S2(=O)=O)c1. The quantitative estimate of drug-likeness (QED) is 0.883. The summed E-state index contributed by atoms with van der Waals surface area (Å²) in [7, 11) is -8.44. The zero-order valence-corrected chi connectivity index (χ0v) is 13.6. The molecule has 0 saturated carbocycles. The molecule has 0 spiro atoms. The largest absolute Gasteiger partial charge is 0.326 e. The molecule has 1 aliphatic rings. The van der Waals surface area contributed by atoms with Crippen molar-refractivity contribution >= 4 is 37.3 Å². The van der Waals surface area contributed by atoms with Crippen molar-refractivity contribution < 1.29 is 21.6 Å². The van der Waals surface area contributed by atoms with Gasteiger partial charge in [-0.25, -0.2) is 0 Å². The molecule has 0 radical (unpaired) electrons. The summed E-state index contributed by atoms with van der Waals surface area (Å²) in [5.74, 6) is -0.349. The predicted octanol–water partition coefficient (Wildman–Crippen LogP) is 1.54. The molecular weight excluding hydrogens is 340 g/mol. The van der Waals surface area contributed by atoms with Crippen LogP contribution in [0.4, 0.5) is 11.4 Å². The Morgan fingerprint density at radius 1 is 0.913 bits per heavy atom. The molecule has 2 aromatic carbocycles. The van der Waals surface area contributed by atoms with Gasteiger partial charge in [-0.1, -0.05) is 18.2 Å². The van der Waals surface area contributed by atoms with E-state index in [4.69, 9.17) is 0 Å². The third-order valence-electron chi connectivity index (χ3n) is 3.22. The van der Waals surface area contributed by atoms with Gasteiger partial charge in [0.15, 0.2) is 0 Å². The molecule has 0 atom stereocenters. The molecule has 0 aliphatic carbocycles. The van der Waals surface area contributed by atoms with Crippen LogP contribution in [-0.4, -0.2) is 22.7 Å². The third-order valence-corrected chi connectivity index (χ3v) is 7.64. The van der Waals surface area contributed by atoms with Gasteiger partial charge in [0.05, 0.1) is 5.69 Å². The maximum atomic E-state index is 12.6. The topological polar surface area (TPSA) is 101 Å². The first-order chi connectivity index (χ1) is 10.7. The minimum atomic E-state index is -4.22. The number of benzene rings is 2.